The first-order valence-electron chi connectivity index (χ1n) is 11.7. The second-order valence-electron chi connectivity index (χ2n) is 7.68. The van der Waals surface area contributed by atoms with E-state index in [1.54, 1.807) is 42.7 Å². The lowest BCUT2D eigenvalue weighted by Gasteiger charge is -2.24. The van der Waals surface area contributed by atoms with Crippen LogP contribution in [0, 0.1) is 0 Å². The molecule has 200 valence electrons. The summed E-state index contributed by atoms with van der Waals surface area (Å²) in [5.74, 6) is 1.52. The predicted molar refractivity (Wildman–Crippen MR) is 140 cm³/mol. The third-order valence-corrected chi connectivity index (χ3v) is 11.3. The first-order valence-corrected chi connectivity index (χ1v) is 15.5. The van der Waals surface area contributed by atoms with E-state index in [1.807, 2.05) is 48.5 Å². The number of azo groups is 1. The van der Waals surface area contributed by atoms with E-state index in [9.17, 15) is 0 Å². The van der Waals surface area contributed by atoms with Crippen LogP contribution in [0.4, 0.5) is 11.4 Å². The van der Waals surface area contributed by atoms with Crippen LogP contribution >= 0.6 is 0 Å². The summed E-state index contributed by atoms with van der Waals surface area (Å²) in [4.78, 5) is 0. The van der Waals surface area contributed by atoms with Gasteiger partial charge in [-0.25, -0.2) is 0 Å². The fourth-order valence-electron chi connectivity index (χ4n) is 3.40. The third kappa shape index (κ3) is 9.37. The Hall–Kier alpha value is -2.17. The molecular weight excluding hydrogens is 500 g/mol. The van der Waals surface area contributed by atoms with Gasteiger partial charge in [-0.05, 0) is 61.4 Å². The molecule has 0 amide bonds. The minimum atomic E-state index is -2.56. The summed E-state index contributed by atoms with van der Waals surface area (Å²) in [5.41, 5.74) is 1.46. The van der Waals surface area contributed by atoms with Crippen LogP contribution in [0.1, 0.15) is 12.8 Å². The molecule has 2 rings (SSSR count). The molecule has 0 spiro atoms. The Morgan fingerprint density at radius 3 is 1.08 bits per heavy atom. The Bertz CT molecular complexity index is 802. The number of rotatable bonds is 18. The summed E-state index contributed by atoms with van der Waals surface area (Å²) < 4.78 is 44.1. The van der Waals surface area contributed by atoms with Gasteiger partial charge in [-0.2, -0.15) is 10.2 Å². The molecule has 2 aromatic carbocycles. The number of nitrogens with zero attached hydrogens (tertiary/aromatic N) is 2. The molecule has 0 N–H and O–H groups in total. The average Bonchev–Trinajstić information content (AvgIpc) is 2.94. The molecule has 0 radical (unpaired) electrons. The molecule has 2 aromatic rings. The lowest BCUT2D eigenvalue weighted by atomic mass is 10.3. The molecule has 10 nitrogen and oxygen atoms in total. The summed E-state index contributed by atoms with van der Waals surface area (Å²) in [6.07, 6.45) is 1.53. The first kappa shape index (κ1) is 30.1. The van der Waals surface area contributed by atoms with E-state index in [0.29, 0.717) is 25.3 Å². The number of benzene rings is 2. The first-order chi connectivity index (χ1) is 17.5. The van der Waals surface area contributed by atoms with Gasteiger partial charge in [0.1, 0.15) is 11.5 Å². The molecule has 0 aromatic heterocycles. The Balaban J connectivity index is 1.76. The largest absolute Gasteiger partial charge is 0.500 e. The summed E-state index contributed by atoms with van der Waals surface area (Å²) in [6.45, 7) is 1.07. The van der Waals surface area contributed by atoms with Crippen molar-refractivity contribution >= 4 is 29.0 Å². The molecule has 0 aliphatic heterocycles. The second kappa shape index (κ2) is 15.8. The number of hydrogen-bond donors (Lipinski definition) is 0. The van der Waals surface area contributed by atoms with Crippen molar-refractivity contribution in [3.05, 3.63) is 48.5 Å². The van der Waals surface area contributed by atoms with Crippen LogP contribution in [0.5, 0.6) is 11.5 Å². The molecule has 0 aliphatic rings. The molecule has 12 heteroatoms. The topological polar surface area (TPSA) is 98.6 Å². The van der Waals surface area contributed by atoms with Crippen LogP contribution in [0.2, 0.25) is 12.1 Å². The van der Waals surface area contributed by atoms with Gasteiger partial charge < -0.3 is 36.0 Å². The highest BCUT2D eigenvalue weighted by molar-refractivity contribution is 6.60. The highest BCUT2D eigenvalue weighted by Gasteiger charge is 2.37. The Labute approximate surface area is 216 Å². The molecule has 0 unspecified atom stereocenters. The van der Waals surface area contributed by atoms with Gasteiger partial charge in [0.15, 0.2) is 0 Å². The smallest absolute Gasteiger partial charge is 0.494 e. The monoisotopic (exact) mass is 538 g/mol. The second-order valence-corrected chi connectivity index (χ2v) is 13.9. The zero-order valence-corrected chi connectivity index (χ0v) is 24.0. The fraction of sp³-hybridized carbons (Fsp3) is 0.500. The Kier molecular flexibility index (Phi) is 13.2. The molecule has 0 aliphatic carbocycles. The molecule has 0 saturated carbocycles. The lowest BCUT2D eigenvalue weighted by Crippen LogP contribution is -2.42. The molecule has 0 fully saturated rings. The van der Waals surface area contributed by atoms with Gasteiger partial charge in [0.2, 0.25) is 0 Å². The maximum absolute atomic E-state index is 5.79. The maximum atomic E-state index is 5.79. The lowest BCUT2D eigenvalue weighted by molar-refractivity contribution is 0.120. The van der Waals surface area contributed by atoms with Gasteiger partial charge in [0, 0.05) is 54.7 Å². The summed E-state index contributed by atoms with van der Waals surface area (Å²) in [6, 6.07) is 16.3. The standard InChI is InChI=1S/C24H38N2O8Si2/c1-27-35(28-2,29-3)19-7-17-33-23-13-9-21(10-14-23)25-26-22-11-15-24(16-12-22)34-18-8-20-36(30-4,31-5)32-6/h9-16H,7-8,17-20H2,1-6H3. The van der Waals surface area contributed by atoms with Crippen molar-refractivity contribution in [1.82, 2.24) is 0 Å². The van der Waals surface area contributed by atoms with Crippen molar-refractivity contribution in [1.29, 1.82) is 0 Å². The van der Waals surface area contributed by atoms with Crippen LogP contribution in [-0.4, -0.2) is 73.5 Å². The zero-order chi connectivity index (χ0) is 26.3. The molecule has 0 bridgehead atoms. The van der Waals surface area contributed by atoms with E-state index >= 15 is 0 Å². The normalized spacial score (nSPS) is 12.3. The highest BCUT2D eigenvalue weighted by Crippen LogP contribution is 2.24. The number of ether oxygens (including phenoxy) is 2. The van der Waals surface area contributed by atoms with E-state index in [1.165, 1.54) is 0 Å². The summed E-state index contributed by atoms with van der Waals surface area (Å²) in [7, 11) is 4.53. The fourth-order valence-corrected chi connectivity index (χ4v) is 6.78. The average molecular weight is 539 g/mol. The molecule has 0 saturated heterocycles. The van der Waals surface area contributed by atoms with Crippen molar-refractivity contribution in [2.24, 2.45) is 10.2 Å². The van der Waals surface area contributed by atoms with Gasteiger partial charge in [-0.15, -0.1) is 0 Å². The molecule has 36 heavy (non-hydrogen) atoms. The van der Waals surface area contributed by atoms with Crippen LogP contribution in [0.25, 0.3) is 0 Å². The van der Waals surface area contributed by atoms with Gasteiger partial charge in [0.05, 0.1) is 24.6 Å². The van der Waals surface area contributed by atoms with Crippen LogP contribution in [0.15, 0.2) is 58.8 Å². The third-order valence-electron chi connectivity index (χ3n) is 5.61. The van der Waals surface area contributed by atoms with E-state index < -0.39 is 17.6 Å². The summed E-state index contributed by atoms with van der Waals surface area (Å²) in [5, 5.41) is 8.57. The predicted octanol–water partition coefficient (Wildman–Crippen LogP) is 5.40. The molecule has 0 heterocycles. The quantitative estimate of drug-likeness (QED) is 0.141. The van der Waals surface area contributed by atoms with E-state index in [-0.39, 0.29) is 0 Å². The van der Waals surface area contributed by atoms with Gasteiger partial charge in [-0.3, -0.25) is 0 Å². The van der Waals surface area contributed by atoms with E-state index in [0.717, 1.165) is 35.7 Å². The van der Waals surface area contributed by atoms with Gasteiger partial charge >= 0.3 is 17.6 Å². The number of hydrogen-bond acceptors (Lipinski definition) is 10. The van der Waals surface area contributed by atoms with Gasteiger partial charge in [-0.1, -0.05) is 0 Å². The van der Waals surface area contributed by atoms with Crippen molar-refractivity contribution < 1.29 is 36.0 Å². The Morgan fingerprint density at radius 1 is 0.500 bits per heavy atom. The van der Waals surface area contributed by atoms with Crippen molar-refractivity contribution in [3.63, 3.8) is 0 Å². The van der Waals surface area contributed by atoms with Crippen LogP contribution in [-0.2, 0) is 26.6 Å². The van der Waals surface area contributed by atoms with Crippen molar-refractivity contribution in [2.45, 2.75) is 24.9 Å². The minimum Gasteiger partial charge on any atom is -0.494 e. The zero-order valence-electron chi connectivity index (χ0n) is 22.0. The Morgan fingerprint density at radius 2 is 0.806 bits per heavy atom. The van der Waals surface area contributed by atoms with Crippen LogP contribution < -0.4 is 9.47 Å². The SMILES string of the molecule is CO[Si](CCCOc1ccc(N=Nc2ccc(OCCC[Si](OC)(OC)OC)cc2)cc1)(OC)OC. The van der Waals surface area contributed by atoms with Crippen LogP contribution in [0.3, 0.4) is 0 Å². The molecule has 0 atom stereocenters. The van der Waals surface area contributed by atoms with E-state index in [4.69, 9.17) is 36.0 Å². The summed E-state index contributed by atoms with van der Waals surface area (Å²) >= 11 is 0. The maximum Gasteiger partial charge on any atom is 0.500 e. The minimum absolute atomic E-state index is 0.536. The molecular formula is C24H38N2O8Si2. The van der Waals surface area contributed by atoms with E-state index in [2.05, 4.69) is 10.2 Å². The van der Waals surface area contributed by atoms with Crippen molar-refractivity contribution in [3.8, 4) is 11.5 Å². The highest BCUT2D eigenvalue weighted by atomic mass is 28.4. The van der Waals surface area contributed by atoms with Gasteiger partial charge in [0.25, 0.3) is 0 Å². The van der Waals surface area contributed by atoms with Crippen molar-refractivity contribution in [2.75, 3.05) is 55.9 Å².